The summed E-state index contributed by atoms with van der Waals surface area (Å²) in [6.45, 7) is 5.56. The van der Waals surface area contributed by atoms with Crippen molar-refractivity contribution in [3.05, 3.63) is 91.8 Å². The minimum absolute atomic E-state index is 0.0227. The van der Waals surface area contributed by atoms with Gasteiger partial charge in [0, 0.05) is 39.9 Å². The van der Waals surface area contributed by atoms with Gasteiger partial charge in [0.25, 0.3) is 11.6 Å². The monoisotopic (exact) mass is 434 g/mol. The van der Waals surface area contributed by atoms with E-state index in [0.717, 1.165) is 22.6 Å². The van der Waals surface area contributed by atoms with Crippen molar-refractivity contribution < 1.29 is 9.72 Å². The summed E-state index contributed by atoms with van der Waals surface area (Å²) >= 11 is 5.85. The number of rotatable bonds is 5. The highest BCUT2D eigenvalue weighted by Gasteiger charge is 2.16. The van der Waals surface area contributed by atoms with Crippen LogP contribution in [0.5, 0.6) is 0 Å². The number of carbonyl (C=O) groups excluding carboxylic acids is 1. The maximum atomic E-state index is 12.6. The second-order valence-electron chi connectivity index (χ2n) is 7.02. The Kier molecular flexibility index (Phi) is 6.23. The molecule has 0 atom stereocenters. The van der Waals surface area contributed by atoms with Crippen LogP contribution < -0.4 is 5.32 Å². The van der Waals surface area contributed by atoms with Crippen molar-refractivity contribution in [3.63, 3.8) is 0 Å². The number of nitrogens with one attached hydrogen (secondary N) is 1. The molecule has 1 N–H and O–H groups in total. The molecule has 156 valence electrons. The third-order valence-electron chi connectivity index (χ3n) is 4.87. The van der Waals surface area contributed by atoms with Gasteiger partial charge in [0.05, 0.1) is 4.92 Å². The maximum absolute atomic E-state index is 12.6. The van der Waals surface area contributed by atoms with E-state index in [1.54, 1.807) is 37.3 Å². The number of hydrogen-bond acceptors (Lipinski definition) is 4. The molecule has 0 radical (unpaired) electrons. The first-order chi connectivity index (χ1) is 14.7. The van der Waals surface area contributed by atoms with Crippen molar-refractivity contribution in [1.82, 2.24) is 4.57 Å². The van der Waals surface area contributed by atoms with E-state index in [9.17, 15) is 20.2 Å². The number of amides is 1. The summed E-state index contributed by atoms with van der Waals surface area (Å²) in [5.74, 6) is -0.527. The van der Waals surface area contributed by atoms with Crippen LogP contribution in [0.4, 0.5) is 11.4 Å². The molecular weight excluding hydrogens is 416 g/mol. The van der Waals surface area contributed by atoms with E-state index in [-0.39, 0.29) is 11.3 Å². The van der Waals surface area contributed by atoms with Crippen LogP contribution in [-0.4, -0.2) is 15.4 Å². The van der Waals surface area contributed by atoms with E-state index < -0.39 is 10.8 Å². The molecule has 0 saturated carbocycles. The molecule has 0 saturated heterocycles. The van der Waals surface area contributed by atoms with Crippen molar-refractivity contribution in [2.24, 2.45) is 0 Å². The molecule has 1 amide bonds. The Morgan fingerprint density at radius 2 is 1.84 bits per heavy atom. The standard InChI is InChI=1S/C23H19ClN4O3/c1-14-10-21(28(30)31)8-9-22(14)27-15(2)11-17(16(27)3)12-18(13-25)23(29)26-20-6-4-19(24)5-7-20/h4-12H,1-3H3,(H,26,29)/b18-12-. The summed E-state index contributed by atoms with van der Waals surface area (Å²) < 4.78 is 1.94. The van der Waals surface area contributed by atoms with Gasteiger partial charge in [0.15, 0.2) is 0 Å². The lowest BCUT2D eigenvalue weighted by atomic mass is 10.1. The lowest BCUT2D eigenvalue weighted by Gasteiger charge is -2.12. The number of nitriles is 1. The van der Waals surface area contributed by atoms with Crippen LogP contribution in [0.2, 0.25) is 5.02 Å². The highest BCUT2D eigenvalue weighted by molar-refractivity contribution is 6.30. The highest BCUT2D eigenvalue weighted by atomic mass is 35.5. The number of non-ortho nitro benzene ring substituents is 1. The molecule has 8 heteroatoms. The van der Waals surface area contributed by atoms with E-state index >= 15 is 0 Å². The molecule has 3 rings (SSSR count). The van der Waals surface area contributed by atoms with Crippen molar-refractivity contribution in [2.75, 3.05) is 5.32 Å². The molecule has 1 aromatic heterocycles. The molecule has 0 spiro atoms. The molecule has 0 fully saturated rings. The van der Waals surface area contributed by atoms with E-state index in [2.05, 4.69) is 5.32 Å². The Morgan fingerprint density at radius 1 is 1.16 bits per heavy atom. The van der Waals surface area contributed by atoms with Gasteiger partial charge in [-0.3, -0.25) is 14.9 Å². The van der Waals surface area contributed by atoms with Crippen LogP contribution in [0, 0.1) is 42.2 Å². The predicted molar refractivity (Wildman–Crippen MR) is 120 cm³/mol. The molecule has 0 bridgehead atoms. The Hall–Kier alpha value is -3.89. The Bertz CT molecular complexity index is 1250. The topological polar surface area (TPSA) is 101 Å². The fourth-order valence-corrected chi connectivity index (χ4v) is 3.47. The Balaban J connectivity index is 1.95. The molecule has 3 aromatic rings. The van der Waals surface area contributed by atoms with Crippen LogP contribution in [0.15, 0.2) is 54.1 Å². The van der Waals surface area contributed by atoms with Gasteiger partial charge in [0.1, 0.15) is 11.6 Å². The van der Waals surface area contributed by atoms with Gasteiger partial charge in [0.2, 0.25) is 0 Å². The summed E-state index contributed by atoms with van der Waals surface area (Å²) in [7, 11) is 0. The van der Waals surface area contributed by atoms with Crippen molar-refractivity contribution in [3.8, 4) is 11.8 Å². The number of nitrogens with zero attached hydrogens (tertiary/aromatic N) is 3. The van der Waals surface area contributed by atoms with E-state index in [1.807, 2.05) is 30.6 Å². The first kappa shape index (κ1) is 21.8. The number of aromatic nitrogens is 1. The molecule has 0 aliphatic heterocycles. The normalized spacial score (nSPS) is 11.1. The predicted octanol–water partition coefficient (Wildman–Crippen LogP) is 5.51. The lowest BCUT2D eigenvalue weighted by Crippen LogP contribution is -2.13. The number of anilines is 1. The van der Waals surface area contributed by atoms with Crippen molar-refractivity contribution in [2.45, 2.75) is 20.8 Å². The average molecular weight is 435 g/mol. The van der Waals surface area contributed by atoms with Gasteiger partial charge in [-0.15, -0.1) is 0 Å². The SMILES string of the molecule is Cc1cc([N+](=O)[O-])ccc1-n1c(C)cc(/C=C(/C#N)C(=O)Nc2ccc(Cl)cc2)c1C. The van der Waals surface area contributed by atoms with E-state index in [0.29, 0.717) is 16.3 Å². The highest BCUT2D eigenvalue weighted by Crippen LogP contribution is 2.27. The molecule has 0 unspecified atom stereocenters. The Labute approximate surface area is 184 Å². The van der Waals surface area contributed by atoms with Crippen LogP contribution in [-0.2, 0) is 4.79 Å². The zero-order chi connectivity index (χ0) is 22.7. The average Bonchev–Trinajstić information content (AvgIpc) is 3.00. The van der Waals surface area contributed by atoms with Gasteiger partial charge in [-0.2, -0.15) is 5.26 Å². The van der Waals surface area contributed by atoms with Crippen LogP contribution >= 0.6 is 11.6 Å². The molecule has 1 heterocycles. The zero-order valence-electron chi connectivity index (χ0n) is 17.1. The third kappa shape index (κ3) is 4.65. The van der Waals surface area contributed by atoms with Crippen LogP contribution in [0.3, 0.4) is 0 Å². The van der Waals surface area contributed by atoms with Crippen molar-refractivity contribution >= 4 is 35.0 Å². The number of nitro benzene ring substituents is 1. The van der Waals surface area contributed by atoms with Gasteiger partial charge < -0.3 is 9.88 Å². The largest absolute Gasteiger partial charge is 0.321 e. The van der Waals surface area contributed by atoms with Crippen molar-refractivity contribution in [1.29, 1.82) is 5.26 Å². The van der Waals surface area contributed by atoms with Gasteiger partial charge >= 0.3 is 0 Å². The fourth-order valence-electron chi connectivity index (χ4n) is 3.34. The van der Waals surface area contributed by atoms with E-state index in [1.165, 1.54) is 18.2 Å². The molecule has 31 heavy (non-hydrogen) atoms. The number of nitro groups is 1. The second kappa shape index (κ2) is 8.86. The van der Waals surface area contributed by atoms with Gasteiger partial charge in [-0.05, 0) is 74.4 Å². The number of halogens is 1. The summed E-state index contributed by atoms with van der Waals surface area (Å²) in [5.41, 5.74) is 4.43. The first-order valence-corrected chi connectivity index (χ1v) is 9.72. The van der Waals surface area contributed by atoms with Crippen LogP contribution in [0.25, 0.3) is 11.8 Å². The third-order valence-corrected chi connectivity index (χ3v) is 5.12. The molecular formula is C23H19ClN4O3. The minimum atomic E-state index is -0.527. The summed E-state index contributed by atoms with van der Waals surface area (Å²) in [6, 6.07) is 15.1. The fraction of sp³-hybridized carbons (Fsp3) is 0.130. The quantitative estimate of drug-likeness (QED) is 0.247. The molecule has 0 aliphatic carbocycles. The smallest absolute Gasteiger partial charge is 0.269 e. The summed E-state index contributed by atoms with van der Waals surface area (Å²) in [4.78, 5) is 23.1. The van der Waals surface area contributed by atoms with E-state index in [4.69, 9.17) is 11.6 Å². The maximum Gasteiger partial charge on any atom is 0.269 e. The van der Waals surface area contributed by atoms with Gasteiger partial charge in [-0.25, -0.2) is 0 Å². The minimum Gasteiger partial charge on any atom is -0.321 e. The van der Waals surface area contributed by atoms with Crippen LogP contribution in [0.1, 0.15) is 22.5 Å². The number of carbonyl (C=O) groups is 1. The number of benzene rings is 2. The first-order valence-electron chi connectivity index (χ1n) is 9.34. The lowest BCUT2D eigenvalue weighted by molar-refractivity contribution is -0.384. The van der Waals surface area contributed by atoms with Gasteiger partial charge in [-0.1, -0.05) is 11.6 Å². The molecule has 0 aliphatic rings. The number of aryl methyl sites for hydroxylation is 2. The Morgan fingerprint density at radius 3 is 2.42 bits per heavy atom. The summed E-state index contributed by atoms with van der Waals surface area (Å²) in [6.07, 6.45) is 1.53. The number of hydrogen-bond donors (Lipinski definition) is 1. The summed E-state index contributed by atoms with van der Waals surface area (Å²) in [5, 5.41) is 23.8. The second-order valence-corrected chi connectivity index (χ2v) is 7.46. The molecule has 2 aromatic carbocycles. The zero-order valence-corrected chi connectivity index (χ0v) is 17.9. The molecule has 7 nitrogen and oxygen atoms in total.